The lowest BCUT2D eigenvalue weighted by atomic mass is 9.95. The maximum Gasteiger partial charge on any atom is 0.338 e. The molecule has 4 rings (SSSR count). The molecule has 0 N–H and O–H groups in total. The topological polar surface area (TPSA) is 60.7 Å². The fourth-order valence-corrected chi connectivity index (χ4v) is 4.81. The van der Waals surface area contributed by atoms with Crippen molar-refractivity contribution in [2.75, 3.05) is 6.61 Å². The molecule has 0 aliphatic carbocycles. The molecule has 0 fully saturated rings. The van der Waals surface area contributed by atoms with E-state index >= 15 is 0 Å². The largest absolute Gasteiger partial charge is 0.463 e. The maximum atomic E-state index is 13.5. The molecule has 0 amide bonds. The first-order valence-corrected chi connectivity index (χ1v) is 11.0. The maximum absolute atomic E-state index is 13.5. The molecule has 6 heteroatoms. The van der Waals surface area contributed by atoms with Gasteiger partial charge in [-0.25, -0.2) is 9.79 Å². The Labute approximate surface area is 184 Å². The van der Waals surface area contributed by atoms with Crippen LogP contribution in [0.1, 0.15) is 42.1 Å². The van der Waals surface area contributed by atoms with Gasteiger partial charge >= 0.3 is 5.97 Å². The van der Waals surface area contributed by atoms with Gasteiger partial charge in [-0.2, -0.15) is 0 Å². The van der Waals surface area contributed by atoms with Crippen molar-refractivity contribution >= 4 is 23.4 Å². The summed E-state index contributed by atoms with van der Waals surface area (Å²) in [5, 5.41) is 0. The number of hydrogen-bond donors (Lipinski definition) is 0. The van der Waals surface area contributed by atoms with E-state index in [4.69, 9.17) is 4.74 Å². The van der Waals surface area contributed by atoms with Crippen LogP contribution in [0.3, 0.4) is 0 Å². The molecule has 1 aromatic heterocycles. The third-order valence-electron chi connectivity index (χ3n) is 5.25. The second kappa shape index (κ2) is 8.47. The van der Waals surface area contributed by atoms with Crippen LogP contribution in [-0.2, 0) is 9.53 Å². The van der Waals surface area contributed by atoms with Crippen LogP contribution < -0.4 is 14.9 Å². The summed E-state index contributed by atoms with van der Waals surface area (Å²) < 4.78 is 7.53. The number of carbonyl (C=O) groups is 1. The zero-order chi connectivity index (χ0) is 22.1. The number of aryl methyl sites for hydroxylation is 2. The van der Waals surface area contributed by atoms with Crippen molar-refractivity contribution in [1.29, 1.82) is 0 Å². The number of allylic oxidation sites excluding steroid dienone is 1. The summed E-state index contributed by atoms with van der Waals surface area (Å²) in [6.07, 6.45) is 1.88. The minimum absolute atomic E-state index is 0.162. The summed E-state index contributed by atoms with van der Waals surface area (Å²) >= 11 is 1.34. The van der Waals surface area contributed by atoms with Crippen molar-refractivity contribution in [3.8, 4) is 0 Å². The van der Waals surface area contributed by atoms with Gasteiger partial charge in [0.15, 0.2) is 4.80 Å². The van der Waals surface area contributed by atoms with E-state index < -0.39 is 12.0 Å². The Kier molecular flexibility index (Phi) is 5.74. The second-order valence-corrected chi connectivity index (χ2v) is 8.64. The lowest BCUT2D eigenvalue weighted by molar-refractivity contribution is -0.139. The zero-order valence-corrected chi connectivity index (χ0v) is 18.8. The third kappa shape index (κ3) is 4.03. The molecule has 0 saturated heterocycles. The molecule has 0 bridgehead atoms. The Bertz CT molecular complexity index is 1360. The van der Waals surface area contributed by atoms with Crippen molar-refractivity contribution in [3.63, 3.8) is 0 Å². The number of aromatic nitrogens is 1. The highest BCUT2D eigenvalue weighted by Gasteiger charge is 2.33. The van der Waals surface area contributed by atoms with Crippen molar-refractivity contribution in [1.82, 2.24) is 4.57 Å². The van der Waals surface area contributed by atoms with Gasteiger partial charge in [0, 0.05) is 0 Å². The van der Waals surface area contributed by atoms with Crippen molar-refractivity contribution in [2.45, 2.75) is 33.7 Å². The molecule has 0 radical (unpaired) electrons. The summed E-state index contributed by atoms with van der Waals surface area (Å²) in [7, 11) is 0. The highest BCUT2D eigenvalue weighted by Crippen LogP contribution is 2.30. The number of benzene rings is 2. The monoisotopic (exact) mass is 432 g/mol. The Hall–Kier alpha value is -3.25. The molecule has 0 unspecified atom stereocenters. The normalized spacial score (nSPS) is 16.1. The fourth-order valence-electron chi connectivity index (χ4n) is 3.77. The van der Waals surface area contributed by atoms with E-state index in [1.165, 1.54) is 11.3 Å². The van der Waals surface area contributed by atoms with E-state index in [2.05, 4.69) is 4.99 Å². The van der Waals surface area contributed by atoms with Crippen molar-refractivity contribution in [3.05, 3.63) is 102 Å². The summed E-state index contributed by atoms with van der Waals surface area (Å²) in [4.78, 5) is 31.5. The highest BCUT2D eigenvalue weighted by molar-refractivity contribution is 7.07. The summed E-state index contributed by atoms with van der Waals surface area (Å²) in [5.74, 6) is -0.442. The second-order valence-electron chi connectivity index (χ2n) is 7.63. The van der Waals surface area contributed by atoms with E-state index in [9.17, 15) is 9.59 Å². The molecular weight excluding hydrogens is 408 g/mol. The van der Waals surface area contributed by atoms with Gasteiger partial charge in [0.25, 0.3) is 5.56 Å². The minimum atomic E-state index is -0.574. The first-order chi connectivity index (χ1) is 14.9. The van der Waals surface area contributed by atoms with Gasteiger partial charge in [-0.3, -0.25) is 9.36 Å². The molecular formula is C25H24N2O3S. The van der Waals surface area contributed by atoms with Gasteiger partial charge in [-0.15, -0.1) is 0 Å². The smallest absolute Gasteiger partial charge is 0.338 e. The number of esters is 1. The van der Waals surface area contributed by atoms with E-state index in [0.717, 1.165) is 22.3 Å². The lowest BCUT2D eigenvalue weighted by Gasteiger charge is -2.24. The Balaban J connectivity index is 1.96. The van der Waals surface area contributed by atoms with Gasteiger partial charge < -0.3 is 4.74 Å². The molecule has 0 spiro atoms. The van der Waals surface area contributed by atoms with Gasteiger partial charge in [-0.05, 0) is 44.9 Å². The molecule has 1 atom stereocenters. The van der Waals surface area contributed by atoms with Gasteiger partial charge in [0.05, 0.1) is 28.5 Å². The fraction of sp³-hybridized carbons (Fsp3) is 0.240. The third-order valence-corrected chi connectivity index (χ3v) is 6.23. The Morgan fingerprint density at radius 1 is 1.13 bits per heavy atom. The van der Waals surface area contributed by atoms with Crippen LogP contribution in [0.25, 0.3) is 6.08 Å². The quantitative estimate of drug-likeness (QED) is 0.594. The summed E-state index contributed by atoms with van der Waals surface area (Å²) in [5.41, 5.74) is 4.86. The average molecular weight is 433 g/mol. The lowest BCUT2D eigenvalue weighted by Crippen LogP contribution is -2.39. The summed E-state index contributed by atoms with van der Waals surface area (Å²) in [6.45, 7) is 7.85. The van der Waals surface area contributed by atoms with Gasteiger partial charge in [-0.1, -0.05) is 71.0 Å². The number of rotatable bonds is 4. The highest BCUT2D eigenvalue weighted by atomic mass is 32.1. The Morgan fingerprint density at radius 2 is 1.87 bits per heavy atom. The average Bonchev–Trinajstić information content (AvgIpc) is 3.02. The number of hydrogen-bond acceptors (Lipinski definition) is 5. The van der Waals surface area contributed by atoms with E-state index in [1.807, 2.05) is 68.5 Å². The Morgan fingerprint density at radius 3 is 2.55 bits per heavy atom. The van der Waals surface area contributed by atoms with Crippen molar-refractivity contribution < 1.29 is 9.53 Å². The molecule has 1 aliphatic rings. The molecule has 1 aliphatic heterocycles. The van der Waals surface area contributed by atoms with Crippen LogP contribution in [0.5, 0.6) is 0 Å². The number of nitrogens with zero attached hydrogens (tertiary/aromatic N) is 2. The molecule has 158 valence electrons. The predicted octanol–water partition coefficient (Wildman–Crippen LogP) is 3.42. The van der Waals surface area contributed by atoms with Crippen molar-refractivity contribution in [2.24, 2.45) is 4.99 Å². The van der Waals surface area contributed by atoms with Crippen LogP contribution in [-0.4, -0.2) is 17.1 Å². The molecule has 2 heterocycles. The van der Waals surface area contributed by atoms with Crippen LogP contribution in [0.4, 0.5) is 0 Å². The first kappa shape index (κ1) is 21.0. The van der Waals surface area contributed by atoms with E-state index in [0.29, 0.717) is 20.6 Å². The van der Waals surface area contributed by atoms with Crippen LogP contribution in [0.15, 0.2) is 69.6 Å². The zero-order valence-electron chi connectivity index (χ0n) is 18.0. The van der Waals surface area contributed by atoms with E-state index in [-0.39, 0.29) is 12.2 Å². The van der Waals surface area contributed by atoms with Gasteiger partial charge in [0.1, 0.15) is 0 Å². The summed E-state index contributed by atoms with van der Waals surface area (Å²) in [6, 6.07) is 15.3. The molecule has 3 aromatic rings. The predicted molar refractivity (Wildman–Crippen MR) is 123 cm³/mol. The number of ether oxygens (including phenoxy) is 1. The molecule has 5 nitrogen and oxygen atoms in total. The molecule has 2 aromatic carbocycles. The molecule has 0 saturated carbocycles. The first-order valence-electron chi connectivity index (χ1n) is 10.2. The van der Waals surface area contributed by atoms with Crippen LogP contribution in [0.2, 0.25) is 0 Å². The van der Waals surface area contributed by atoms with E-state index in [1.54, 1.807) is 18.4 Å². The molecule has 31 heavy (non-hydrogen) atoms. The SMILES string of the molecule is CCOC(=O)C1=C(C)N=c2s/c(=C/c3cccc(C)c3)c(=O)n2[C@H]1c1ccc(C)cc1. The van der Waals surface area contributed by atoms with Crippen LogP contribution >= 0.6 is 11.3 Å². The van der Waals surface area contributed by atoms with Crippen LogP contribution in [0, 0.1) is 13.8 Å². The van der Waals surface area contributed by atoms with Gasteiger partial charge in [0.2, 0.25) is 0 Å². The number of thiazole rings is 1. The minimum Gasteiger partial charge on any atom is -0.463 e. The number of fused-ring (bicyclic) bond motifs is 1. The number of carbonyl (C=O) groups excluding carboxylic acids is 1. The standard InChI is InChI=1S/C25H24N2O3S/c1-5-30-24(29)21-17(4)26-25-27(22(21)19-11-9-15(2)10-12-19)23(28)20(31-25)14-18-8-6-7-16(3)13-18/h6-14,22H,5H2,1-4H3/b20-14+/t22-/m0/s1.